The molecule has 0 spiro atoms. The van der Waals surface area contributed by atoms with Crippen LogP contribution in [0.15, 0.2) is 58.1 Å². The molecular weight excluding hydrogens is 410 g/mol. The predicted octanol–water partition coefficient (Wildman–Crippen LogP) is 2.56. The van der Waals surface area contributed by atoms with E-state index in [1.165, 1.54) is 6.07 Å². The third kappa shape index (κ3) is 5.44. The summed E-state index contributed by atoms with van der Waals surface area (Å²) >= 11 is 8.05. The third-order valence-corrected chi connectivity index (χ3v) is 3.43. The van der Waals surface area contributed by atoms with Crippen LogP contribution in [-0.4, -0.2) is 23.5 Å². The Morgan fingerprint density at radius 1 is 1.20 bits per heavy atom. The van der Waals surface area contributed by atoms with Crippen LogP contribution in [0.2, 0.25) is 0 Å². The fourth-order valence-electron chi connectivity index (χ4n) is 1.74. The normalized spacial score (nSPS) is 9.80. The largest absolute Gasteiger partial charge is 0.489 e. The minimum atomic E-state index is -0.549. The average Bonchev–Trinajstić information content (AvgIpc) is 3.04. The number of hydrazine groups is 1. The van der Waals surface area contributed by atoms with E-state index in [4.69, 9.17) is 21.4 Å². The molecule has 0 unspecified atom stereocenters. The molecule has 0 radical (unpaired) electrons. The number of para-hydroxylation sites is 1. The van der Waals surface area contributed by atoms with Gasteiger partial charge in [-0.05, 0) is 52.4 Å². The minimum absolute atomic E-state index is 0.0746. The SMILES string of the molecule is C=CCOc1ccccc1C(=O)NNC(=S)NC(=O)c1ccc(Br)o1. The first-order chi connectivity index (χ1) is 12.0. The standard InChI is InChI=1S/C16H14BrN3O4S/c1-2-9-23-11-6-4-3-5-10(11)14(21)19-20-16(25)18-15(22)12-7-8-13(17)24-12/h2-8H,1,9H2,(H,19,21)(H2,18,20,22,25). The van der Waals surface area contributed by atoms with E-state index in [1.807, 2.05) is 0 Å². The molecule has 0 aliphatic heterocycles. The van der Waals surface area contributed by atoms with Crippen molar-refractivity contribution in [1.82, 2.24) is 16.2 Å². The molecule has 25 heavy (non-hydrogen) atoms. The van der Waals surface area contributed by atoms with E-state index < -0.39 is 11.8 Å². The van der Waals surface area contributed by atoms with Gasteiger partial charge < -0.3 is 9.15 Å². The van der Waals surface area contributed by atoms with Gasteiger partial charge in [-0.1, -0.05) is 24.8 Å². The van der Waals surface area contributed by atoms with E-state index in [-0.39, 0.29) is 17.5 Å². The highest BCUT2D eigenvalue weighted by molar-refractivity contribution is 9.10. The Bertz CT molecular complexity index is 806. The summed E-state index contributed by atoms with van der Waals surface area (Å²) in [5.74, 6) is -0.549. The average molecular weight is 424 g/mol. The summed E-state index contributed by atoms with van der Waals surface area (Å²) in [4.78, 5) is 24.1. The first-order valence-corrected chi connectivity index (χ1v) is 8.21. The molecule has 0 aliphatic carbocycles. The number of carbonyl (C=O) groups excluding carboxylic acids is 2. The Morgan fingerprint density at radius 3 is 2.64 bits per heavy atom. The van der Waals surface area contributed by atoms with Crippen molar-refractivity contribution >= 4 is 45.1 Å². The molecule has 1 heterocycles. The lowest BCUT2D eigenvalue weighted by molar-refractivity contribution is 0.0924. The second kappa shape index (κ2) is 9.00. The number of thiocarbonyl (C=S) groups is 1. The first-order valence-electron chi connectivity index (χ1n) is 7.01. The molecule has 7 nitrogen and oxygen atoms in total. The highest BCUT2D eigenvalue weighted by Gasteiger charge is 2.14. The molecule has 3 N–H and O–H groups in total. The summed E-state index contributed by atoms with van der Waals surface area (Å²) in [6.45, 7) is 3.83. The van der Waals surface area contributed by atoms with Crippen molar-refractivity contribution < 1.29 is 18.7 Å². The van der Waals surface area contributed by atoms with Crippen molar-refractivity contribution in [3.63, 3.8) is 0 Å². The lowest BCUT2D eigenvalue weighted by Crippen LogP contribution is -2.48. The number of nitrogens with one attached hydrogen (secondary N) is 3. The maximum atomic E-state index is 12.2. The fraction of sp³-hybridized carbons (Fsp3) is 0.0625. The molecule has 0 atom stereocenters. The number of amides is 2. The number of halogens is 1. The second-order valence-electron chi connectivity index (χ2n) is 4.56. The summed E-state index contributed by atoms with van der Waals surface area (Å²) in [5.41, 5.74) is 5.14. The van der Waals surface area contributed by atoms with E-state index in [9.17, 15) is 9.59 Å². The fourth-order valence-corrected chi connectivity index (χ4v) is 2.19. The zero-order valence-electron chi connectivity index (χ0n) is 12.9. The van der Waals surface area contributed by atoms with Gasteiger partial charge in [0.15, 0.2) is 15.5 Å². The number of ether oxygens (including phenoxy) is 1. The summed E-state index contributed by atoms with van der Waals surface area (Å²) in [6, 6.07) is 9.76. The third-order valence-electron chi connectivity index (χ3n) is 2.80. The van der Waals surface area contributed by atoms with E-state index in [2.05, 4.69) is 38.7 Å². The van der Waals surface area contributed by atoms with Crippen LogP contribution in [0, 0.1) is 0 Å². The van der Waals surface area contributed by atoms with Crippen molar-refractivity contribution in [2.45, 2.75) is 0 Å². The van der Waals surface area contributed by atoms with Crippen LogP contribution >= 0.6 is 28.1 Å². The molecule has 2 amide bonds. The Hall–Kier alpha value is -2.65. The summed E-state index contributed by atoms with van der Waals surface area (Å²) in [5, 5.41) is 2.29. The summed E-state index contributed by atoms with van der Waals surface area (Å²) < 4.78 is 10.9. The van der Waals surface area contributed by atoms with Gasteiger partial charge in [-0.3, -0.25) is 25.8 Å². The van der Waals surface area contributed by atoms with Crippen LogP contribution < -0.4 is 20.9 Å². The van der Waals surface area contributed by atoms with E-state index in [0.717, 1.165) is 0 Å². The number of carbonyl (C=O) groups is 2. The number of benzene rings is 1. The van der Waals surface area contributed by atoms with Gasteiger partial charge in [-0.2, -0.15) is 0 Å². The van der Waals surface area contributed by atoms with Crippen molar-refractivity contribution in [2.24, 2.45) is 0 Å². The Labute approximate surface area is 157 Å². The molecule has 130 valence electrons. The van der Waals surface area contributed by atoms with Crippen molar-refractivity contribution in [2.75, 3.05) is 6.61 Å². The molecule has 2 aromatic rings. The maximum absolute atomic E-state index is 12.2. The number of furan rings is 1. The maximum Gasteiger partial charge on any atom is 0.293 e. The van der Waals surface area contributed by atoms with Gasteiger partial charge in [-0.25, -0.2) is 0 Å². The molecule has 1 aromatic heterocycles. The van der Waals surface area contributed by atoms with Crippen LogP contribution in [0.5, 0.6) is 5.75 Å². The monoisotopic (exact) mass is 423 g/mol. The van der Waals surface area contributed by atoms with Gasteiger partial charge in [0.05, 0.1) is 5.56 Å². The van der Waals surface area contributed by atoms with Gasteiger partial charge in [0.25, 0.3) is 11.8 Å². The van der Waals surface area contributed by atoms with Crippen LogP contribution in [0.1, 0.15) is 20.9 Å². The van der Waals surface area contributed by atoms with Gasteiger partial charge in [0.1, 0.15) is 12.4 Å². The van der Waals surface area contributed by atoms with Crippen molar-refractivity contribution in [3.8, 4) is 5.75 Å². The van der Waals surface area contributed by atoms with Crippen LogP contribution in [0.3, 0.4) is 0 Å². The molecule has 0 bridgehead atoms. The quantitative estimate of drug-likeness (QED) is 0.388. The lowest BCUT2D eigenvalue weighted by atomic mass is 10.2. The highest BCUT2D eigenvalue weighted by atomic mass is 79.9. The molecule has 9 heteroatoms. The Kier molecular flexibility index (Phi) is 6.72. The zero-order chi connectivity index (χ0) is 18.2. The highest BCUT2D eigenvalue weighted by Crippen LogP contribution is 2.17. The molecule has 0 saturated carbocycles. The van der Waals surface area contributed by atoms with E-state index >= 15 is 0 Å². The first kappa shape index (κ1) is 18.7. The van der Waals surface area contributed by atoms with Gasteiger partial charge in [0, 0.05) is 0 Å². The van der Waals surface area contributed by atoms with Gasteiger partial charge >= 0.3 is 0 Å². The van der Waals surface area contributed by atoms with Gasteiger partial charge in [0.2, 0.25) is 0 Å². The minimum Gasteiger partial charge on any atom is -0.489 e. The van der Waals surface area contributed by atoms with E-state index in [1.54, 1.807) is 36.4 Å². The number of hydrogen-bond acceptors (Lipinski definition) is 5. The molecule has 1 aromatic carbocycles. The number of rotatable bonds is 5. The smallest absolute Gasteiger partial charge is 0.293 e. The van der Waals surface area contributed by atoms with Crippen LogP contribution in [0.4, 0.5) is 0 Å². The zero-order valence-corrected chi connectivity index (χ0v) is 15.3. The molecule has 0 fully saturated rings. The van der Waals surface area contributed by atoms with Crippen molar-refractivity contribution in [3.05, 3.63) is 65.0 Å². The van der Waals surface area contributed by atoms with E-state index in [0.29, 0.717) is 16.0 Å². The summed E-state index contributed by atoms with van der Waals surface area (Å²) in [7, 11) is 0. The molecular formula is C16H14BrN3O4S. The predicted molar refractivity (Wildman–Crippen MR) is 99.2 cm³/mol. The molecule has 0 aliphatic rings. The topological polar surface area (TPSA) is 92.6 Å². The molecule has 2 rings (SSSR count). The Balaban J connectivity index is 1.90. The summed E-state index contributed by atoms with van der Waals surface area (Å²) in [6.07, 6.45) is 1.57. The van der Waals surface area contributed by atoms with Crippen LogP contribution in [0.25, 0.3) is 0 Å². The second-order valence-corrected chi connectivity index (χ2v) is 5.75. The van der Waals surface area contributed by atoms with Crippen molar-refractivity contribution in [1.29, 1.82) is 0 Å². The molecule has 0 saturated heterocycles. The van der Waals surface area contributed by atoms with Crippen LogP contribution in [-0.2, 0) is 0 Å². The Morgan fingerprint density at radius 2 is 1.96 bits per heavy atom. The van der Waals surface area contributed by atoms with Gasteiger partial charge in [-0.15, -0.1) is 0 Å². The number of hydrogen-bond donors (Lipinski definition) is 3. The lowest BCUT2D eigenvalue weighted by Gasteiger charge is -2.12.